The first kappa shape index (κ1) is 14.6. The van der Waals surface area contributed by atoms with Crippen LogP contribution in [0.1, 0.15) is 36.5 Å². The third-order valence-electron chi connectivity index (χ3n) is 3.90. The van der Waals surface area contributed by atoms with E-state index in [4.69, 9.17) is 0 Å². The van der Waals surface area contributed by atoms with E-state index in [2.05, 4.69) is 10.2 Å². The molecule has 1 unspecified atom stereocenters. The molecule has 4 nitrogen and oxygen atoms in total. The van der Waals surface area contributed by atoms with E-state index in [0.717, 1.165) is 30.6 Å². The highest BCUT2D eigenvalue weighted by Crippen LogP contribution is 2.27. The Labute approximate surface area is 120 Å². The highest BCUT2D eigenvalue weighted by molar-refractivity contribution is 6.01. The maximum Gasteiger partial charge on any atom is 0.224 e. The van der Waals surface area contributed by atoms with Crippen LogP contribution in [0.2, 0.25) is 0 Å². The largest absolute Gasteiger partial charge is 0.370 e. The zero-order valence-electron chi connectivity index (χ0n) is 12.2. The number of nitrogens with zero attached hydrogens (tertiary/aromatic N) is 1. The van der Waals surface area contributed by atoms with E-state index in [1.165, 1.54) is 0 Å². The van der Waals surface area contributed by atoms with Crippen molar-refractivity contribution in [2.45, 2.75) is 26.2 Å². The molecule has 4 heteroatoms. The van der Waals surface area contributed by atoms with Gasteiger partial charge in [0.15, 0.2) is 5.78 Å². The van der Waals surface area contributed by atoms with E-state index >= 15 is 0 Å². The van der Waals surface area contributed by atoms with Crippen LogP contribution in [0.5, 0.6) is 0 Å². The van der Waals surface area contributed by atoms with Gasteiger partial charge in [-0.05, 0) is 25.0 Å². The molecule has 0 radical (unpaired) electrons. The van der Waals surface area contributed by atoms with Crippen LogP contribution in [0, 0.1) is 5.92 Å². The van der Waals surface area contributed by atoms with Crippen LogP contribution in [-0.2, 0) is 4.79 Å². The van der Waals surface area contributed by atoms with E-state index in [9.17, 15) is 9.59 Å². The molecule has 0 spiro atoms. The zero-order chi connectivity index (χ0) is 14.5. The van der Waals surface area contributed by atoms with E-state index in [0.29, 0.717) is 13.0 Å². The van der Waals surface area contributed by atoms with Crippen LogP contribution in [0.25, 0.3) is 0 Å². The molecule has 1 saturated heterocycles. The summed E-state index contributed by atoms with van der Waals surface area (Å²) in [6.45, 7) is 3.47. The Morgan fingerprint density at radius 3 is 2.80 bits per heavy atom. The molecule has 0 aliphatic carbocycles. The summed E-state index contributed by atoms with van der Waals surface area (Å²) in [6, 6.07) is 7.71. The molecule has 1 aromatic rings. The third kappa shape index (κ3) is 3.00. The molecule has 0 aromatic heterocycles. The van der Waals surface area contributed by atoms with E-state index in [1.54, 1.807) is 7.05 Å². The van der Waals surface area contributed by atoms with Gasteiger partial charge in [-0.1, -0.05) is 19.1 Å². The van der Waals surface area contributed by atoms with Crippen molar-refractivity contribution in [1.82, 2.24) is 5.32 Å². The van der Waals surface area contributed by atoms with Crippen LogP contribution >= 0.6 is 0 Å². The summed E-state index contributed by atoms with van der Waals surface area (Å²) in [5.74, 6) is 0.259. The van der Waals surface area contributed by atoms with Gasteiger partial charge in [0.2, 0.25) is 5.91 Å². The van der Waals surface area contributed by atoms with Gasteiger partial charge in [-0.15, -0.1) is 0 Å². The van der Waals surface area contributed by atoms with Crippen molar-refractivity contribution in [3.8, 4) is 0 Å². The van der Waals surface area contributed by atoms with Crippen molar-refractivity contribution in [2.75, 3.05) is 25.0 Å². The van der Waals surface area contributed by atoms with Gasteiger partial charge in [0, 0.05) is 37.8 Å². The van der Waals surface area contributed by atoms with Crippen molar-refractivity contribution in [3.63, 3.8) is 0 Å². The minimum Gasteiger partial charge on any atom is -0.370 e. The predicted molar refractivity (Wildman–Crippen MR) is 80.1 cm³/mol. The standard InChI is InChI=1S/C16H22N2O2/c1-3-15(19)13-8-4-5-9-14(13)18-10-6-7-12(11-18)16(20)17-2/h4-5,8-9,12H,3,6-7,10-11H2,1-2H3,(H,17,20). The van der Waals surface area contributed by atoms with Gasteiger partial charge in [0.25, 0.3) is 0 Å². The summed E-state index contributed by atoms with van der Waals surface area (Å²) in [4.78, 5) is 26.0. The van der Waals surface area contributed by atoms with Crippen molar-refractivity contribution >= 4 is 17.4 Å². The first-order valence-corrected chi connectivity index (χ1v) is 7.26. The number of nitrogens with one attached hydrogen (secondary N) is 1. The SMILES string of the molecule is CCC(=O)c1ccccc1N1CCCC(C(=O)NC)C1. The second kappa shape index (κ2) is 6.55. The molecule has 108 valence electrons. The summed E-state index contributed by atoms with van der Waals surface area (Å²) in [5, 5.41) is 2.72. The zero-order valence-corrected chi connectivity index (χ0v) is 12.2. The van der Waals surface area contributed by atoms with Crippen molar-refractivity contribution in [3.05, 3.63) is 29.8 Å². The smallest absolute Gasteiger partial charge is 0.224 e. The minimum absolute atomic E-state index is 0.0125. The first-order valence-electron chi connectivity index (χ1n) is 7.26. The minimum atomic E-state index is 0.0125. The van der Waals surface area contributed by atoms with Crippen LogP contribution in [0.4, 0.5) is 5.69 Å². The molecule has 1 aromatic carbocycles. The summed E-state index contributed by atoms with van der Waals surface area (Å²) < 4.78 is 0. The fourth-order valence-electron chi connectivity index (χ4n) is 2.79. The number of rotatable bonds is 4. The molecule has 1 N–H and O–H groups in total. The van der Waals surface area contributed by atoms with Crippen molar-refractivity contribution < 1.29 is 9.59 Å². The lowest BCUT2D eigenvalue weighted by Crippen LogP contribution is -2.42. The molecule has 0 bridgehead atoms. The van der Waals surface area contributed by atoms with E-state index < -0.39 is 0 Å². The number of para-hydroxylation sites is 1. The number of carbonyl (C=O) groups excluding carboxylic acids is 2. The Morgan fingerprint density at radius 2 is 2.10 bits per heavy atom. The quantitative estimate of drug-likeness (QED) is 0.857. The Bertz CT molecular complexity index is 499. The molecule has 1 amide bonds. The predicted octanol–water partition coefficient (Wildman–Crippen LogP) is 2.24. The first-order chi connectivity index (χ1) is 9.67. The Kier molecular flexibility index (Phi) is 4.77. The van der Waals surface area contributed by atoms with Gasteiger partial charge in [-0.3, -0.25) is 9.59 Å². The molecule has 1 aliphatic rings. The topological polar surface area (TPSA) is 49.4 Å². The van der Waals surface area contributed by atoms with Crippen molar-refractivity contribution in [2.24, 2.45) is 5.92 Å². The molecule has 1 fully saturated rings. The number of piperidine rings is 1. The average Bonchev–Trinajstić information content (AvgIpc) is 2.53. The number of Topliss-reactive ketones (excluding diaryl/α,β-unsaturated/α-hetero) is 1. The molecule has 20 heavy (non-hydrogen) atoms. The Hall–Kier alpha value is -1.84. The molecule has 2 rings (SSSR count). The average molecular weight is 274 g/mol. The second-order valence-electron chi connectivity index (χ2n) is 5.19. The Morgan fingerprint density at radius 1 is 1.35 bits per heavy atom. The molecule has 1 heterocycles. The monoisotopic (exact) mass is 274 g/mol. The molecule has 0 saturated carbocycles. The van der Waals surface area contributed by atoms with Gasteiger partial charge >= 0.3 is 0 Å². The normalized spacial score (nSPS) is 18.7. The summed E-state index contributed by atoms with van der Waals surface area (Å²) in [6.07, 6.45) is 2.40. The maximum absolute atomic E-state index is 12.0. The van der Waals surface area contributed by atoms with Crippen LogP contribution in [-0.4, -0.2) is 31.8 Å². The number of hydrogen-bond acceptors (Lipinski definition) is 3. The molecular weight excluding hydrogens is 252 g/mol. The highest BCUT2D eigenvalue weighted by atomic mass is 16.1. The van der Waals surface area contributed by atoms with Gasteiger partial charge in [0.1, 0.15) is 0 Å². The fraction of sp³-hybridized carbons (Fsp3) is 0.500. The summed E-state index contributed by atoms with van der Waals surface area (Å²) in [5.41, 5.74) is 1.74. The second-order valence-corrected chi connectivity index (χ2v) is 5.19. The van der Waals surface area contributed by atoms with Gasteiger partial charge in [0.05, 0.1) is 5.92 Å². The van der Waals surface area contributed by atoms with Gasteiger partial charge in [-0.2, -0.15) is 0 Å². The van der Waals surface area contributed by atoms with Crippen LogP contribution in [0.3, 0.4) is 0 Å². The number of hydrogen-bond donors (Lipinski definition) is 1. The van der Waals surface area contributed by atoms with Crippen LogP contribution < -0.4 is 10.2 Å². The van der Waals surface area contributed by atoms with Crippen LogP contribution in [0.15, 0.2) is 24.3 Å². The van der Waals surface area contributed by atoms with Gasteiger partial charge < -0.3 is 10.2 Å². The number of ketones is 1. The fourth-order valence-corrected chi connectivity index (χ4v) is 2.79. The molecular formula is C16H22N2O2. The van der Waals surface area contributed by atoms with E-state index in [1.807, 2.05) is 31.2 Å². The summed E-state index contributed by atoms with van der Waals surface area (Å²) in [7, 11) is 1.68. The lowest BCUT2D eigenvalue weighted by Gasteiger charge is -2.34. The third-order valence-corrected chi connectivity index (χ3v) is 3.90. The summed E-state index contributed by atoms with van der Waals surface area (Å²) >= 11 is 0. The number of benzene rings is 1. The molecule has 1 atom stereocenters. The van der Waals surface area contributed by atoms with Crippen molar-refractivity contribution in [1.29, 1.82) is 0 Å². The number of anilines is 1. The lowest BCUT2D eigenvalue weighted by molar-refractivity contribution is -0.124. The maximum atomic E-state index is 12.0. The lowest BCUT2D eigenvalue weighted by atomic mass is 9.95. The van der Waals surface area contributed by atoms with E-state index in [-0.39, 0.29) is 17.6 Å². The highest BCUT2D eigenvalue weighted by Gasteiger charge is 2.26. The number of carbonyl (C=O) groups is 2. The Balaban J connectivity index is 2.23. The number of amides is 1. The molecule has 1 aliphatic heterocycles. The van der Waals surface area contributed by atoms with Gasteiger partial charge in [-0.25, -0.2) is 0 Å².